The number of thiazole rings is 1. The summed E-state index contributed by atoms with van der Waals surface area (Å²) in [6.45, 7) is 2.12. The average Bonchev–Trinajstić information content (AvgIpc) is 3.52. The average molecular weight is 392 g/mol. The molecule has 1 N–H and O–H groups in total. The number of hydrogen-bond donors (Lipinski definition) is 1. The van der Waals surface area contributed by atoms with Crippen LogP contribution in [-0.2, 0) is 0 Å². The lowest BCUT2D eigenvalue weighted by Crippen LogP contribution is -2.26. The second-order valence-electron chi connectivity index (χ2n) is 7.53. The molecular formula is C22H23N4OS. The van der Waals surface area contributed by atoms with Gasteiger partial charge in [0.05, 0.1) is 28.4 Å². The van der Waals surface area contributed by atoms with Crippen LogP contribution in [0.15, 0.2) is 30.5 Å². The maximum absolute atomic E-state index is 5.33. The quantitative estimate of drug-likeness (QED) is 0.698. The summed E-state index contributed by atoms with van der Waals surface area (Å²) in [6.07, 6.45) is 9.48. The minimum Gasteiger partial charge on any atom is -0.497 e. The summed E-state index contributed by atoms with van der Waals surface area (Å²) in [5, 5.41) is 4.68. The van der Waals surface area contributed by atoms with Crippen molar-refractivity contribution in [3.8, 4) is 27.6 Å². The van der Waals surface area contributed by atoms with Gasteiger partial charge in [-0.3, -0.25) is 0 Å². The fraction of sp³-hybridized carbons (Fsp3) is 0.409. The van der Waals surface area contributed by atoms with E-state index in [2.05, 4.69) is 33.7 Å². The fourth-order valence-electron chi connectivity index (χ4n) is 3.86. The maximum atomic E-state index is 5.33. The third kappa shape index (κ3) is 3.42. The summed E-state index contributed by atoms with van der Waals surface area (Å²) in [7, 11) is 1.69. The van der Waals surface area contributed by atoms with Crippen LogP contribution >= 0.6 is 11.3 Å². The van der Waals surface area contributed by atoms with Crippen molar-refractivity contribution in [3.63, 3.8) is 0 Å². The van der Waals surface area contributed by atoms with E-state index in [9.17, 15) is 0 Å². The summed E-state index contributed by atoms with van der Waals surface area (Å²) >= 11 is 1.80. The molecule has 2 fully saturated rings. The Hall–Kier alpha value is -2.31. The zero-order chi connectivity index (χ0) is 18.9. The number of nitrogens with zero attached hydrogens (tertiary/aromatic N) is 3. The van der Waals surface area contributed by atoms with Gasteiger partial charge in [-0.1, -0.05) is 0 Å². The molecule has 1 saturated heterocycles. The van der Waals surface area contributed by atoms with Crippen LogP contribution in [0.1, 0.15) is 48.1 Å². The van der Waals surface area contributed by atoms with Crippen LogP contribution in [0.3, 0.4) is 0 Å². The number of rotatable bonds is 5. The minimum atomic E-state index is 0.521. The summed E-state index contributed by atoms with van der Waals surface area (Å²) in [4.78, 5) is 15.0. The second kappa shape index (κ2) is 7.60. The van der Waals surface area contributed by atoms with Crippen LogP contribution < -0.4 is 10.1 Å². The number of nitrogens with one attached hydrogen (secondary N) is 1. The molecule has 5 rings (SSSR count). The first-order valence-electron chi connectivity index (χ1n) is 9.92. The van der Waals surface area contributed by atoms with Gasteiger partial charge in [0.1, 0.15) is 5.75 Å². The molecule has 3 aromatic rings. The van der Waals surface area contributed by atoms with Crippen LogP contribution in [-0.4, -0.2) is 35.2 Å². The highest BCUT2D eigenvalue weighted by Gasteiger charge is 2.30. The van der Waals surface area contributed by atoms with Crippen LogP contribution in [0.2, 0.25) is 0 Å². The first-order chi connectivity index (χ1) is 13.8. The van der Waals surface area contributed by atoms with E-state index in [1.165, 1.54) is 23.4 Å². The van der Waals surface area contributed by atoms with Gasteiger partial charge in [0.15, 0.2) is 6.33 Å². The van der Waals surface area contributed by atoms with Crippen molar-refractivity contribution >= 4 is 11.3 Å². The fourth-order valence-corrected chi connectivity index (χ4v) is 5.13. The Morgan fingerprint density at radius 2 is 1.82 bits per heavy atom. The van der Waals surface area contributed by atoms with E-state index in [4.69, 9.17) is 9.72 Å². The zero-order valence-electron chi connectivity index (χ0n) is 15.9. The lowest BCUT2D eigenvalue weighted by Gasteiger charge is -2.20. The number of benzene rings is 1. The van der Waals surface area contributed by atoms with Crippen molar-refractivity contribution in [1.29, 1.82) is 0 Å². The Kier molecular flexibility index (Phi) is 4.82. The smallest absolute Gasteiger partial charge is 0.198 e. The molecule has 143 valence electrons. The van der Waals surface area contributed by atoms with Gasteiger partial charge in [-0.05, 0) is 69.0 Å². The molecule has 2 aromatic heterocycles. The van der Waals surface area contributed by atoms with Crippen molar-refractivity contribution < 1.29 is 4.74 Å². The normalized spacial score (nSPS) is 17.6. The molecule has 1 aromatic carbocycles. The van der Waals surface area contributed by atoms with Crippen molar-refractivity contribution in [2.24, 2.45) is 0 Å². The number of ether oxygens (including phenoxy) is 1. The van der Waals surface area contributed by atoms with Crippen LogP contribution in [0.5, 0.6) is 5.75 Å². The van der Waals surface area contributed by atoms with Crippen LogP contribution in [0.4, 0.5) is 0 Å². The van der Waals surface area contributed by atoms with Crippen molar-refractivity contribution in [3.05, 3.63) is 47.4 Å². The van der Waals surface area contributed by atoms with Gasteiger partial charge in [-0.25, -0.2) is 15.0 Å². The standard InChI is InChI=1S/C22H23N4OS/c1-27-17-6-4-15(5-7-17)19-21(20-18(14-2-3-14)12-24-13-25-20)28-22(26-19)16-8-10-23-11-9-16/h4-7,12,14,16,23H,2-3,8-11H2,1H3. The Balaban J connectivity index is 1.62. The summed E-state index contributed by atoms with van der Waals surface area (Å²) in [5.41, 5.74) is 4.39. The molecule has 28 heavy (non-hydrogen) atoms. The van der Waals surface area contributed by atoms with Gasteiger partial charge in [-0.15, -0.1) is 11.3 Å². The third-order valence-corrected chi connectivity index (χ3v) is 6.85. The molecule has 1 saturated carbocycles. The first-order valence-corrected chi connectivity index (χ1v) is 10.7. The molecular weight excluding hydrogens is 368 g/mol. The van der Waals surface area contributed by atoms with Gasteiger partial charge in [0.25, 0.3) is 0 Å². The highest BCUT2D eigenvalue weighted by atomic mass is 32.1. The summed E-state index contributed by atoms with van der Waals surface area (Å²) in [6, 6.07) is 8.17. The minimum absolute atomic E-state index is 0.521. The molecule has 6 heteroatoms. The molecule has 1 aliphatic carbocycles. The van der Waals surface area contributed by atoms with E-state index in [0.717, 1.165) is 53.5 Å². The maximum Gasteiger partial charge on any atom is 0.198 e. The molecule has 1 aliphatic heterocycles. The number of methoxy groups -OCH3 is 1. The lowest BCUT2D eigenvalue weighted by atomic mass is 9.99. The third-order valence-electron chi connectivity index (χ3n) is 5.62. The highest BCUT2D eigenvalue weighted by Crippen LogP contribution is 2.47. The SMILES string of the molecule is COc1ccc(-c2nc(C3CCNCC3)sc2-c2n[c]ncc2C2CC2)cc1. The molecule has 0 bridgehead atoms. The Morgan fingerprint density at radius 3 is 2.54 bits per heavy atom. The highest BCUT2D eigenvalue weighted by molar-refractivity contribution is 7.15. The van der Waals surface area contributed by atoms with E-state index in [1.54, 1.807) is 18.4 Å². The van der Waals surface area contributed by atoms with Gasteiger partial charge in [0, 0.05) is 23.2 Å². The summed E-state index contributed by atoms with van der Waals surface area (Å²) in [5.74, 6) is 1.96. The first kappa shape index (κ1) is 17.8. The lowest BCUT2D eigenvalue weighted by molar-refractivity contribution is 0.415. The van der Waals surface area contributed by atoms with E-state index in [-0.39, 0.29) is 0 Å². The predicted molar refractivity (Wildman–Crippen MR) is 111 cm³/mol. The van der Waals surface area contributed by atoms with Crippen molar-refractivity contribution in [1.82, 2.24) is 20.3 Å². The molecule has 2 aliphatic rings. The van der Waals surface area contributed by atoms with Crippen LogP contribution in [0.25, 0.3) is 21.8 Å². The molecule has 5 nitrogen and oxygen atoms in total. The number of aromatic nitrogens is 3. The molecule has 0 unspecified atom stereocenters. The van der Waals surface area contributed by atoms with Crippen LogP contribution in [0, 0.1) is 6.33 Å². The molecule has 0 amide bonds. The predicted octanol–water partition coefficient (Wildman–Crippen LogP) is 4.42. The Bertz CT molecular complexity index is 959. The molecule has 0 spiro atoms. The van der Waals surface area contributed by atoms with E-state index in [0.29, 0.717) is 11.8 Å². The monoisotopic (exact) mass is 391 g/mol. The van der Waals surface area contributed by atoms with Gasteiger partial charge in [0.2, 0.25) is 0 Å². The second-order valence-corrected chi connectivity index (χ2v) is 8.56. The van der Waals surface area contributed by atoms with Crippen molar-refractivity contribution in [2.75, 3.05) is 20.2 Å². The topological polar surface area (TPSA) is 59.9 Å². The number of hydrogen-bond acceptors (Lipinski definition) is 6. The van der Waals surface area contributed by atoms with E-state index >= 15 is 0 Å². The zero-order valence-corrected chi connectivity index (χ0v) is 16.8. The molecule has 3 heterocycles. The number of piperidine rings is 1. The Morgan fingerprint density at radius 1 is 1.04 bits per heavy atom. The van der Waals surface area contributed by atoms with Gasteiger partial charge < -0.3 is 10.1 Å². The van der Waals surface area contributed by atoms with Crippen molar-refractivity contribution in [2.45, 2.75) is 37.5 Å². The van der Waals surface area contributed by atoms with Gasteiger partial charge in [-0.2, -0.15) is 0 Å². The Labute approximate surface area is 169 Å². The van der Waals surface area contributed by atoms with E-state index in [1.807, 2.05) is 18.3 Å². The largest absolute Gasteiger partial charge is 0.497 e. The molecule has 0 atom stereocenters. The molecule has 1 radical (unpaired) electrons. The summed E-state index contributed by atoms with van der Waals surface area (Å²) < 4.78 is 5.33. The van der Waals surface area contributed by atoms with Gasteiger partial charge >= 0.3 is 0 Å². The van der Waals surface area contributed by atoms with E-state index < -0.39 is 0 Å².